The Labute approximate surface area is 284 Å². The van der Waals surface area contributed by atoms with Crippen LogP contribution in [0.5, 0.6) is 23.0 Å². The molecule has 2 aromatic rings. The van der Waals surface area contributed by atoms with Crippen molar-refractivity contribution in [2.24, 2.45) is 0 Å². The highest BCUT2D eigenvalue weighted by molar-refractivity contribution is 5.39. The van der Waals surface area contributed by atoms with Gasteiger partial charge in [-0.3, -0.25) is 0 Å². The van der Waals surface area contributed by atoms with E-state index in [4.69, 9.17) is 69.7 Å². The Kier molecular flexibility index (Phi) is 21.4. The fourth-order valence-electron chi connectivity index (χ4n) is 4.17. The van der Waals surface area contributed by atoms with Crippen molar-refractivity contribution in [1.29, 1.82) is 0 Å². The first-order valence-corrected chi connectivity index (χ1v) is 16.0. The lowest BCUT2D eigenvalue weighted by molar-refractivity contribution is 0.00430. The van der Waals surface area contributed by atoms with Crippen LogP contribution in [0.15, 0.2) is 36.4 Å². The van der Waals surface area contributed by atoms with Crippen LogP contribution in [0.4, 0.5) is 0 Å². The Morgan fingerprint density at radius 2 is 0.646 bits per heavy atom. The molecular formula is C36H48O12. The summed E-state index contributed by atoms with van der Waals surface area (Å²) in [6, 6.07) is 11.2. The minimum absolute atomic E-state index is 0.217. The summed E-state index contributed by atoms with van der Waals surface area (Å²) in [5, 5.41) is 0. The molecule has 3 rings (SSSR count). The first kappa shape index (κ1) is 38.9. The van der Waals surface area contributed by atoms with E-state index in [1.807, 2.05) is 36.4 Å². The lowest BCUT2D eigenvalue weighted by atomic mass is 10.2. The number of fused-ring (bicyclic) bond motifs is 4. The van der Waals surface area contributed by atoms with Gasteiger partial charge in [-0.1, -0.05) is 11.8 Å². The third-order valence-corrected chi connectivity index (χ3v) is 6.26. The zero-order valence-electron chi connectivity index (χ0n) is 27.7. The van der Waals surface area contributed by atoms with E-state index in [-0.39, 0.29) is 13.2 Å². The van der Waals surface area contributed by atoms with E-state index in [0.29, 0.717) is 142 Å². The summed E-state index contributed by atoms with van der Waals surface area (Å²) >= 11 is 0. The van der Waals surface area contributed by atoms with E-state index in [9.17, 15) is 0 Å². The van der Waals surface area contributed by atoms with Gasteiger partial charge in [0.25, 0.3) is 0 Å². The largest absolute Gasteiger partial charge is 0.491 e. The molecule has 0 spiro atoms. The maximum absolute atomic E-state index is 5.89. The van der Waals surface area contributed by atoms with Gasteiger partial charge in [0.15, 0.2) is 0 Å². The fraction of sp³-hybridized carbons (Fsp3) is 0.556. The number of benzene rings is 2. The molecule has 0 fully saturated rings. The van der Waals surface area contributed by atoms with Crippen LogP contribution in [-0.2, 0) is 51.1 Å². The van der Waals surface area contributed by atoms with Gasteiger partial charge >= 0.3 is 0 Å². The molecule has 2 aromatic carbocycles. The second kappa shape index (κ2) is 26.4. The third kappa shape index (κ3) is 18.7. The zero-order chi connectivity index (χ0) is 33.7. The molecule has 0 N–H and O–H groups in total. The first-order chi connectivity index (χ1) is 23.8. The Hall–Kier alpha value is -3.56. The van der Waals surface area contributed by atoms with E-state index in [1.54, 1.807) is 0 Å². The fourth-order valence-corrected chi connectivity index (χ4v) is 4.17. The van der Waals surface area contributed by atoms with Crippen LogP contribution in [0.2, 0.25) is 0 Å². The highest BCUT2D eigenvalue weighted by Gasteiger charge is 2.07. The number of terminal acetylenes is 2. The van der Waals surface area contributed by atoms with E-state index >= 15 is 0 Å². The van der Waals surface area contributed by atoms with Gasteiger partial charge in [-0.15, -0.1) is 12.8 Å². The molecule has 1 heterocycles. The molecule has 0 radical (unpaired) electrons. The van der Waals surface area contributed by atoms with Crippen molar-refractivity contribution in [3.63, 3.8) is 0 Å². The minimum Gasteiger partial charge on any atom is -0.491 e. The predicted octanol–water partition coefficient (Wildman–Crippen LogP) is 3.31. The zero-order valence-corrected chi connectivity index (χ0v) is 27.7. The Morgan fingerprint density at radius 3 is 0.896 bits per heavy atom. The van der Waals surface area contributed by atoms with Gasteiger partial charge in [-0.25, -0.2) is 0 Å². The maximum Gasteiger partial charge on any atom is 0.123 e. The SMILES string of the molecule is C#CCOCc1cc2cc(c1)OCCOCCOCCOCCOc1cc(COCC#C)cc(c1)OCCOCCOCCOCCO2. The molecule has 0 aliphatic carbocycles. The summed E-state index contributed by atoms with van der Waals surface area (Å²) in [6.45, 7) is 7.66. The average molecular weight is 673 g/mol. The van der Waals surface area contributed by atoms with E-state index in [0.717, 1.165) is 11.1 Å². The van der Waals surface area contributed by atoms with Crippen molar-refractivity contribution >= 4 is 0 Å². The predicted molar refractivity (Wildman–Crippen MR) is 177 cm³/mol. The van der Waals surface area contributed by atoms with Crippen LogP contribution >= 0.6 is 0 Å². The molecule has 0 saturated carbocycles. The van der Waals surface area contributed by atoms with Crippen molar-refractivity contribution in [3.05, 3.63) is 47.5 Å². The normalized spacial score (nSPS) is 17.3. The quantitative estimate of drug-likeness (QED) is 0.332. The summed E-state index contributed by atoms with van der Waals surface area (Å²) in [5.74, 6) is 7.50. The molecule has 0 atom stereocenters. The lowest BCUT2D eigenvalue weighted by Crippen LogP contribution is -2.15. The van der Waals surface area contributed by atoms with Crippen LogP contribution in [0, 0.1) is 24.7 Å². The smallest absolute Gasteiger partial charge is 0.123 e. The van der Waals surface area contributed by atoms with Gasteiger partial charge in [0.2, 0.25) is 0 Å². The number of rotatable bonds is 6. The van der Waals surface area contributed by atoms with Gasteiger partial charge in [0.05, 0.1) is 92.5 Å². The Balaban J connectivity index is 1.46. The van der Waals surface area contributed by atoms with Crippen molar-refractivity contribution in [3.8, 4) is 47.7 Å². The second-order valence-electron chi connectivity index (χ2n) is 10.1. The summed E-state index contributed by atoms with van der Waals surface area (Å²) in [4.78, 5) is 0. The molecule has 12 heteroatoms. The maximum atomic E-state index is 5.89. The van der Waals surface area contributed by atoms with Crippen LogP contribution in [0.25, 0.3) is 0 Å². The van der Waals surface area contributed by atoms with E-state index < -0.39 is 0 Å². The molecule has 48 heavy (non-hydrogen) atoms. The molecule has 4 bridgehead atoms. The monoisotopic (exact) mass is 672 g/mol. The topological polar surface area (TPSA) is 111 Å². The molecule has 0 saturated heterocycles. The van der Waals surface area contributed by atoms with Crippen molar-refractivity contribution in [2.45, 2.75) is 13.2 Å². The minimum atomic E-state index is 0.217. The highest BCUT2D eigenvalue weighted by Crippen LogP contribution is 2.25. The molecule has 12 nitrogen and oxygen atoms in total. The van der Waals surface area contributed by atoms with Crippen molar-refractivity contribution in [1.82, 2.24) is 0 Å². The first-order valence-electron chi connectivity index (χ1n) is 16.0. The van der Waals surface area contributed by atoms with E-state index in [2.05, 4.69) is 11.8 Å². The van der Waals surface area contributed by atoms with Gasteiger partial charge in [0, 0.05) is 12.1 Å². The van der Waals surface area contributed by atoms with Gasteiger partial charge in [0.1, 0.15) is 62.6 Å². The standard InChI is InChI=1S/C36H48O12/c1-3-5-43-29-31-23-33-27-34(24-31)46-20-16-40-12-8-38-10-14-42-18-22-48-36-26-32(30-44-6-4-2)25-35(28-36)47-21-17-41-13-9-37-7-11-39-15-19-45-33/h1-2,23-28H,5-22,29-30H2. The summed E-state index contributed by atoms with van der Waals surface area (Å²) in [7, 11) is 0. The van der Waals surface area contributed by atoms with Crippen LogP contribution in [0.1, 0.15) is 11.1 Å². The molecule has 0 amide bonds. The van der Waals surface area contributed by atoms with Crippen LogP contribution in [0.3, 0.4) is 0 Å². The van der Waals surface area contributed by atoms with Gasteiger partial charge in [-0.2, -0.15) is 0 Å². The molecule has 1 aliphatic heterocycles. The molecule has 1 aliphatic rings. The molecule has 0 aromatic heterocycles. The Bertz CT molecular complexity index is 1050. The van der Waals surface area contributed by atoms with Crippen LogP contribution in [-0.4, -0.2) is 119 Å². The summed E-state index contributed by atoms with van der Waals surface area (Å²) in [5.41, 5.74) is 1.76. The summed E-state index contributed by atoms with van der Waals surface area (Å²) in [6.07, 6.45) is 10.6. The number of hydrogen-bond donors (Lipinski definition) is 0. The summed E-state index contributed by atoms with van der Waals surface area (Å²) < 4.78 is 68.3. The van der Waals surface area contributed by atoms with Gasteiger partial charge in [-0.05, 0) is 35.4 Å². The molecule has 0 unspecified atom stereocenters. The Morgan fingerprint density at radius 1 is 0.396 bits per heavy atom. The van der Waals surface area contributed by atoms with Crippen molar-refractivity contribution in [2.75, 3.05) is 119 Å². The van der Waals surface area contributed by atoms with E-state index in [1.165, 1.54) is 0 Å². The third-order valence-electron chi connectivity index (χ3n) is 6.26. The number of hydrogen-bond acceptors (Lipinski definition) is 12. The van der Waals surface area contributed by atoms with Crippen molar-refractivity contribution < 1.29 is 56.8 Å². The highest BCUT2D eigenvalue weighted by atomic mass is 16.6. The molecule has 264 valence electrons. The number of ether oxygens (including phenoxy) is 12. The van der Waals surface area contributed by atoms with Gasteiger partial charge < -0.3 is 56.8 Å². The second-order valence-corrected chi connectivity index (χ2v) is 10.1. The average Bonchev–Trinajstić information content (AvgIpc) is 3.08. The molecular weight excluding hydrogens is 624 g/mol. The van der Waals surface area contributed by atoms with Crippen LogP contribution < -0.4 is 18.9 Å². The lowest BCUT2D eigenvalue weighted by Gasteiger charge is -2.14.